The largest absolute Gasteiger partial charge is 0.389 e. The Labute approximate surface area is 137 Å². The van der Waals surface area contributed by atoms with Gasteiger partial charge in [0.1, 0.15) is 5.82 Å². The Bertz CT molecular complexity index is 632. The molecule has 0 saturated carbocycles. The molecule has 0 aliphatic rings. The van der Waals surface area contributed by atoms with Crippen LogP contribution in [0.5, 0.6) is 0 Å². The van der Waals surface area contributed by atoms with Gasteiger partial charge in [-0.2, -0.15) is 5.10 Å². The molecule has 1 aromatic carbocycles. The van der Waals surface area contributed by atoms with E-state index in [1.54, 1.807) is 16.8 Å². The highest BCUT2D eigenvalue weighted by atomic mass is 19.1. The summed E-state index contributed by atoms with van der Waals surface area (Å²) in [6.45, 7) is 8.59. The van der Waals surface area contributed by atoms with Gasteiger partial charge in [-0.15, -0.1) is 0 Å². The summed E-state index contributed by atoms with van der Waals surface area (Å²) in [5.74, 6) is -0.257. The number of halogens is 1. The molecule has 1 atom stereocenters. The summed E-state index contributed by atoms with van der Waals surface area (Å²) >= 11 is 0. The van der Waals surface area contributed by atoms with Crippen molar-refractivity contribution in [2.75, 3.05) is 6.54 Å². The monoisotopic (exact) mass is 319 g/mol. The van der Waals surface area contributed by atoms with E-state index in [4.69, 9.17) is 0 Å². The van der Waals surface area contributed by atoms with E-state index in [1.807, 2.05) is 27.0 Å². The van der Waals surface area contributed by atoms with Crippen LogP contribution in [-0.4, -0.2) is 27.0 Å². The lowest BCUT2D eigenvalue weighted by atomic mass is 9.97. The Morgan fingerprint density at radius 1 is 1.26 bits per heavy atom. The quantitative estimate of drug-likeness (QED) is 0.821. The lowest BCUT2D eigenvalue weighted by Gasteiger charge is -2.27. The number of hydrogen-bond donors (Lipinski definition) is 2. The topological polar surface area (TPSA) is 50.1 Å². The predicted octanol–water partition coefficient (Wildman–Crippen LogP) is 3.52. The van der Waals surface area contributed by atoms with Crippen LogP contribution in [0.4, 0.5) is 4.39 Å². The maximum atomic E-state index is 13.1. The van der Waals surface area contributed by atoms with Crippen molar-refractivity contribution in [3.05, 3.63) is 47.5 Å². The number of nitrogens with one attached hydrogen (secondary N) is 1. The Morgan fingerprint density at radius 3 is 2.43 bits per heavy atom. The van der Waals surface area contributed by atoms with Crippen LogP contribution in [0.2, 0.25) is 0 Å². The zero-order valence-corrected chi connectivity index (χ0v) is 14.3. The van der Waals surface area contributed by atoms with Gasteiger partial charge in [0.25, 0.3) is 0 Å². The van der Waals surface area contributed by atoms with Gasteiger partial charge in [-0.25, -0.2) is 9.07 Å². The summed E-state index contributed by atoms with van der Waals surface area (Å²) in [7, 11) is 0. The summed E-state index contributed by atoms with van der Waals surface area (Å²) in [5.41, 5.74) is 2.24. The van der Waals surface area contributed by atoms with Crippen molar-refractivity contribution in [2.45, 2.75) is 52.2 Å². The van der Waals surface area contributed by atoms with Crippen LogP contribution in [0.25, 0.3) is 5.69 Å². The van der Waals surface area contributed by atoms with E-state index in [9.17, 15) is 9.50 Å². The van der Waals surface area contributed by atoms with Crippen molar-refractivity contribution in [3.63, 3.8) is 0 Å². The second-order valence-corrected chi connectivity index (χ2v) is 6.11. The zero-order valence-electron chi connectivity index (χ0n) is 14.3. The van der Waals surface area contributed by atoms with Gasteiger partial charge in [0.15, 0.2) is 0 Å². The van der Waals surface area contributed by atoms with Gasteiger partial charge in [-0.3, -0.25) is 0 Å². The number of benzene rings is 1. The van der Waals surface area contributed by atoms with Crippen LogP contribution >= 0.6 is 0 Å². The van der Waals surface area contributed by atoms with Gasteiger partial charge in [-0.1, -0.05) is 13.8 Å². The van der Waals surface area contributed by atoms with Crippen molar-refractivity contribution in [3.8, 4) is 5.69 Å². The van der Waals surface area contributed by atoms with Crippen LogP contribution in [-0.2, 0) is 0 Å². The van der Waals surface area contributed by atoms with E-state index in [0.29, 0.717) is 6.54 Å². The fourth-order valence-corrected chi connectivity index (χ4v) is 2.64. The third kappa shape index (κ3) is 3.98. The molecule has 2 rings (SSSR count). The molecule has 5 heteroatoms. The Hall–Kier alpha value is -1.72. The zero-order chi connectivity index (χ0) is 17.0. The fraction of sp³-hybridized carbons (Fsp3) is 0.500. The minimum atomic E-state index is -0.672. The maximum Gasteiger partial charge on any atom is 0.123 e. The van der Waals surface area contributed by atoms with Crippen LogP contribution < -0.4 is 5.32 Å². The molecule has 2 aromatic rings. The second kappa shape index (κ2) is 7.23. The summed E-state index contributed by atoms with van der Waals surface area (Å²) < 4.78 is 14.9. The van der Waals surface area contributed by atoms with Crippen LogP contribution in [0.3, 0.4) is 0 Å². The molecule has 2 N–H and O–H groups in total. The second-order valence-electron chi connectivity index (χ2n) is 6.11. The number of aliphatic hydroxyl groups is 1. The van der Waals surface area contributed by atoms with Crippen LogP contribution in [0.1, 0.15) is 50.9 Å². The summed E-state index contributed by atoms with van der Waals surface area (Å²) in [5, 5.41) is 18.2. The number of nitrogens with zero attached hydrogens (tertiary/aromatic N) is 2. The highest BCUT2D eigenvalue weighted by Crippen LogP contribution is 2.22. The lowest BCUT2D eigenvalue weighted by molar-refractivity contribution is 0.0303. The first-order valence-corrected chi connectivity index (χ1v) is 8.16. The van der Waals surface area contributed by atoms with Crippen molar-refractivity contribution in [1.82, 2.24) is 15.1 Å². The smallest absolute Gasteiger partial charge is 0.123 e. The molecule has 126 valence electrons. The van der Waals surface area contributed by atoms with E-state index in [1.165, 1.54) is 12.1 Å². The molecule has 0 radical (unpaired) electrons. The Balaban J connectivity index is 2.13. The average molecular weight is 319 g/mol. The Morgan fingerprint density at radius 2 is 1.87 bits per heavy atom. The first kappa shape index (κ1) is 17.6. The molecule has 23 heavy (non-hydrogen) atoms. The van der Waals surface area contributed by atoms with E-state index in [0.717, 1.165) is 29.8 Å². The van der Waals surface area contributed by atoms with Crippen molar-refractivity contribution < 1.29 is 9.50 Å². The van der Waals surface area contributed by atoms with Crippen molar-refractivity contribution in [2.24, 2.45) is 0 Å². The first-order valence-electron chi connectivity index (χ1n) is 8.16. The van der Waals surface area contributed by atoms with Gasteiger partial charge < -0.3 is 10.4 Å². The van der Waals surface area contributed by atoms with E-state index in [-0.39, 0.29) is 11.9 Å². The molecule has 0 amide bonds. The third-order valence-corrected chi connectivity index (χ3v) is 4.64. The normalized spacial score (nSPS) is 13.3. The molecule has 1 unspecified atom stereocenters. The first-order chi connectivity index (χ1) is 10.9. The van der Waals surface area contributed by atoms with Crippen molar-refractivity contribution >= 4 is 0 Å². The molecule has 0 spiro atoms. The summed E-state index contributed by atoms with van der Waals surface area (Å²) in [4.78, 5) is 0. The molecule has 1 aromatic heterocycles. The van der Waals surface area contributed by atoms with E-state index < -0.39 is 5.60 Å². The molecular formula is C18H26FN3O. The highest BCUT2D eigenvalue weighted by molar-refractivity contribution is 5.35. The molecular weight excluding hydrogens is 293 g/mol. The molecule has 0 bridgehead atoms. The highest BCUT2D eigenvalue weighted by Gasteiger charge is 2.23. The molecule has 0 aliphatic heterocycles. The minimum Gasteiger partial charge on any atom is -0.389 e. The SMILES string of the molecule is CCC(O)(CC)CNC(C)c1cnn(-c2ccc(F)cc2)c1C. The average Bonchev–Trinajstić information content (AvgIpc) is 2.95. The van der Waals surface area contributed by atoms with Gasteiger partial charge in [0, 0.05) is 23.8 Å². The summed E-state index contributed by atoms with van der Waals surface area (Å²) in [6, 6.07) is 6.36. The fourth-order valence-electron chi connectivity index (χ4n) is 2.64. The number of rotatable bonds is 7. The lowest BCUT2D eigenvalue weighted by Crippen LogP contribution is -2.40. The molecule has 0 aliphatic carbocycles. The Kier molecular flexibility index (Phi) is 5.55. The van der Waals surface area contributed by atoms with Gasteiger partial charge in [-0.05, 0) is 51.0 Å². The van der Waals surface area contributed by atoms with Crippen LogP contribution in [0, 0.1) is 12.7 Å². The standard InChI is InChI=1S/C18H26FN3O/c1-5-18(23,6-2)12-20-13(3)17-11-21-22(14(17)4)16-9-7-15(19)8-10-16/h7-11,13,20,23H,5-6,12H2,1-4H3. The molecule has 1 heterocycles. The number of aromatic nitrogens is 2. The van der Waals surface area contributed by atoms with Gasteiger partial charge >= 0.3 is 0 Å². The molecule has 0 fully saturated rings. The van der Waals surface area contributed by atoms with E-state index >= 15 is 0 Å². The van der Waals surface area contributed by atoms with Gasteiger partial charge in [0.2, 0.25) is 0 Å². The minimum absolute atomic E-state index is 0.0776. The predicted molar refractivity (Wildman–Crippen MR) is 90.2 cm³/mol. The molecule has 4 nitrogen and oxygen atoms in total. The van der Waals surface area contributed by atoms with Crippen LogP contribution in [0.15, 0.2) is 30.5 Å². The maximum absolute atomic E-state index is 13.1. The van der Waals surface area contributed by atoms with Gasteiger partial charge in [0.05, 0.1) is 17.5 Å². The third-order valence-electron chi connectivity index (χ3n) is 4.64. The van der Waals surface area contributed by atoms with Crippen molar-refractivity contribution in [1.29, 1.82) is 0 Å². The molecule has 0 saturated heterocycles. The summed E-state index contributed by atoms with van der Waals surface area (Å²) in [6.07, 6.45) is 3.27. The number of hydrogen-bond acceptors (Lipinski definition) is 3. The van der Waals surface area contributed by atoms with E-state index in [2.05, 4.69) is 17.3 Å².